The van der Waals surface area contributed by atoms with Gasteiger partial charge < -0.3 is 5.73 Å². The van der Waals surface area contributed by atoms with Crippen LogP contribution in [0, 0.1) is 13.8 Å². The molecule has 0 aromatic heterocycles. The van der Waals surface area contributed by atoms with Crippen LogP contribution in [0.4, 0.5) is 11.4 Å². The molecule has 0 bridgehead atoms. The third-order valence-electron chi connectivity index (χ3n) is 3.05. The first kappa shape index (κ1) is 14.9. The molecule has 2 rings (SSSR count). The minimum Gasteiger partial charge on any atom is -0.398 e. The van der Waals surface area contributed by atoms with Gasteiger partial charge in [-0.05, 0) is 55.3 Å². The SMILES string of the molecule is Cc1cc(Br)ccc1NS(=O)(=O)c1cccc(N)c1C. The lowest BCUT2D eigenvalue weighted by Crippen LogP contribution is -2.15. The van der Waals surface area contributed by atoms with E-state index in [1.807, 2.05) is 13.0 Å². The fraction of sp³-hybridized carbons (Fsp3) is 0.143. The number of nitrogens with two attached hydrogens (primary N) is 1. The van der Waals surface area contributed by atoms with Gasteiger partial charge in [-0.15, -0.1) is 0 Å². The largest absolute Gasteiger partial charge is 0.398 e. The molecule has 0 amide bonds. The Kier molecular flexibility index (Phi) is 4.06. The molecular formula is C14H15BrN2O2S. The normalized spacial score (nSPS) is 11.3. The van der Waals surface area contributed by atoms with Gasteiger partial charge in [-0.1, -0.05) is 22.0 Å². The van der Waals surface area contributed by atoms with Crippen molar-refractivity contribution >= 4 is 37.3 Å². The number of nitrogens with one attached hydrogen (secondary N) is 1. The van der Waals surface area contributed by atoms with Gasteiger partial charge in [0.15, 0.2) is 0 Å². The maximum Gasteiger partial charge on any atom is 0.262 e. The predicted molar refractivity (Wildman–Crippen MR) is 85.3 cm³/mol. The van der Waals surface area contributed by atoms with Crippen molar-refractivity contribution in [3.05, 3.63) is 52.0 Å². The van der Waals surface area contributed by atoms with Crippen LogP contribution in [-0.4, -0.2) is 8.42 Å². The number of sulfonamides is 1. The topological polar surface area (TPSA) is 72.2 Å². The molecule has 0 aliphatic carbocycles. The van der Waals surface area contributed by atoms with Gasteiger partial charge in [0.2, 0.25) is 0 Å². The lowest BCUT2D eigenvalue weighted by Gasteiger charge is -2.13. The van der Waals surface area contributed by atoms with Crippen LogP contribution in [0.25, 0.3) is 0 Å². The number of hydrogen-bond acceptors (Lipinski definition) is 3. The minimum atomic E-state index is -3.65. The molecule has 0 unspecified atom stereocenters. The summed E-state index contributed by atoms with van der Waals surface area (Å²) in [5.41, 5.74) is 8.16. The van der Waals surface area contributed by atoms with E-state index in [0.29, 0.717) is 16.9 Å². The van der Waals surface area contributed by atoms with Crippen molar-refractivity contribution < 1.29 is 8.42 Å². The smallest absolute Gasteiger partial charge is 0.262 e. The van der Waals surface area contributed by atoms with E-state index in [9.17, 15) is 8.42 Å². The quantitative estimate of drug-likeness (QED) is 0.829. The first-order valence-corrected chi connectivity index (χ1v) is 8.23. The zero-order valence-electron chi connectivity index (χ0n) is 11.1. The van der Waals surface area contributed by atoms with Crippen molar-refractivity contribution in [3.8, 4) is 0 Å². The fourth-order valence-corrected chi connectivity index (χ4v) is 3.75. The van der Waals surface area contributed by atoms with E-state index < -0.39 is 10.0 Å². The molecule has 4 nitrogen and oxygen atoms in total. The van der Waals surface area contributed by atoms with E-state index in [1.165, 1.54) is 0 Å². The monoisotopic (exact) mass is 354 g/mol. The van der Waals surface area contributed by atoms with Crippen LogP contribution in [-0.2, 0) is 10.0 Å². The van der Waals surface area contributed by atoms with E-state index in [-0.39, 0.29) is 4.90 Å². The first-order valence-electron chi connectivity index (χ1n) is 5.95. The minimum absolute atomic E-state index is 0.194. The van der Waals surface area contributed by atoms with Crippen molar-refractivity contribution in [1.29, 1.82) is 0 Å². The first-order chi connectivity index (χ1) is 9.31. The second-order valence-corrected chi connectivity index (χ2v) is 7.10. The summed E-state index contributed by atoms with van der Waals surface area (Å²) in [7, 11) is -3.65. The molecule has 0 aliphatic heterocycles. The molecule has 3 N–H and O–H groups in total. The molecule has 0 spiro atoms. The Hall–Kier alpha value is -1.53. The Morgan fingerprint density at radius 2 is 1.85 bits per heavy atom. The predicted octanol–water partition coefficient (Wildman–Crippen LogP) is 3.45. The Morgan fingerprint density at radius 1 is 1.15 bits per heavy atom. The Bertz CT molecular complexity index is 758. The van der Waals surface area contributed by atoms with Gasteiger partial charge in [0.25, 0.3) is 10.0 Å². The number of aryl methyl sites for hydroxylation is 1. The Morgan fingerprint density at radius 3 is 2.50 bits per heavy atom. The van der Waals surface area contributed by atoms with Crippen LogP contribution in [0.5, 0.6) is 0 Å². The van der Waals surface area contributed by atoms with Crippen molar-refractivity contribution in [2.45, 2.75) is 18.7 Å². The lowest BCUT2D eigenvalue weighted by atomic mass is 10.2. The summed E-state index contributed by atoms with van der Waals surface area (Å²) in [5.74, 6) is 0. The number of rotatable bonds is 3. The summed E-state index contributed by atoms with van der Waals surface area (Å²) < 4.78 is 28.4. The number of halogens is 1. The van der Waals surface area contributed by atoms with E-state index >= 15 is 0 Å². The fourth-order valence-electron chi connectivity index (χ4n) is 1.86. The second-order valence-electron chi connectivity index (χ2n) is 4.54. The van der Waals surface area contributed by atoms with Crippen molar-refractivity contribution in [2.24, 2.45) is 0 Å². The van der Waals surface area contributed by atoms with E-state index in [1.54, 1.807) is 37.3 Å². The van der Waals surface area contributed by atoms with Gasteiger partial charge in [0.05, 0.1) is 10.6 Å². The van der Waals surface area contributed by atoms with Gasteiger partial charge in [0.1, 0.15) is 0 Å². The van der Waals surface area contributed by atoms with Gasteiger partial charge in [0, 0.05) is 10.2 Å². The summed E-state index contributed by atoms with van der Waals surface area (Å²) in [6.07, 6.45) is 0. The Labute approximate surface area is 127 Å². The van der Waals surface area contributed by atoms with Crippen LogP contribution in [0.15, 0.2) is 45.8 Å². The van der Waals surface area contributed by atoms with Crippen molar-refractivity contribution in [3.63, 3.8) is 0 Å². The molecular weight excluding hydrogens is 340 g/mol. The maximum atomic E-state index is 12.4. The summed E-state index contributed by atoms with van der Waals surface area (Å²) in [6.45, 7) is 3.53. The molecule has 0 heterocycles. The number of hydrogen-bond donors (Lipinski definition) is 2. The van der Waals surface area contributed by atoms with Crippen LogP contribution in [0.3, 0.4) is 0 Å². The van der Waals surface area contributed by atoms with Gasteiger partial charge >= 0.3 is 0 Å². The highest BCUT2D eigenvalue weighted by Gasteiger charge is 2.18. The highest BCUT2D eigenvalue weighted by molar-refractivity contribution is 9.10. The van der Waals surface area contributed by atoms with Crippen LogP contribution >= 0.6 is 15.9 Å². The van der Waals surface area contributed by atoms with Crippen LogP contribution < -0.4 is 10.5 Å². The highest BCUT2D eigenvalue weighted by Crippen LogP contribution is 2.26. The van der Waals surface area contributed by atoms with Gasteiger partial charge in [-0.3, -0.25) is 4.72 Å². The molecule has 0 atom stereocenters. The average Bonchev–Trinajstić information content (AvgIpc) is 2.36. The number of benzene rings is 2. The van der Waals surface area contributed by atoms with Gasteiger partial charge in [-0.25, -0.2) is 8.42 Å². The molecule has 2 aromatic carbocycles. The van der Waals surface area contributed by atoms with Crippen molar-refractivity contribution in [2.75, 3.05) is 10.5 Å². The highest BCUT2D eigenvalue weighted by atomic mass is 79.9. The molecule has 0 saturated carbocycles. The molecule has 106 valence electrons. The van der Waals surface area contributed by atoms with Crippen molar-refractivity contribution in [1.82, 2.24) is 0 Å². The summed E-state index contributed by atoms with van der Waals surface area (Å²) in [6, 6.07) is 10.2. The summed E-state index contributed by atoms with van der Waals surface area (Å²) >= 11 is 3.35. The number of nitrogen functional groups attached to an aromatic ring is 1. The third-order valence-corrected chi connectivity index (χ3v) is 5.05. The molecule has 2 aromatic rings. The number of anilines is 2. The lowest BCUT2D eigenvalue weighted by molar-refractivity contribution is 0.600. The van der Waals surface area contributed by atoms with E-state index in [2.05, 4.69) is 20.7 Å². The third kappa shape index (κ3) is 2.96. The molecule has 0 radical (unpaired) electrons. The molecule has 6 heteroatoms. The molecule has 20 heavy (non-hydrogen) atoms. The maximum absolute atomic E-state index is 12.4. The summed E-state index contributed by atoms with van der Waals surface area (Å²) in [4.78, 5) is 0.194. The van der Waals surface area contributed by atoms with Crippen LogP contribution in [0.2, 0.25) is 0 Å². The van der Waals surface area contributed by atoms with Crippen LogP contribution in [0.1, 0.15) is 11.1 Å². The Balaban J connectivity index is 2.44. The van der Waals surface area contributed by atoms with E-state index in [4.69, 9.17) is 5.73 Å². The molecule has 0 fully saturated rings. The van der Waals surface area contributed by atoms with E-state index in [0.717, 1.165) is 10.0 Å². The zero-order chi connectivity index (χ0) is 14.9. The molecule has 0 saturated heterocycles. The second kappa shape index (κ2) is 5.46. The average molecular weight is 355 g/mol. The van der Waals surface area contributed by atoms with Gasteiger partial charge in [-0.2, -0.15) is 0 Å². The summed E-state index contributed by atoms with van der Waals surface area (Å²) in [5, 5.41) is 0. The molecule has 0 aliphatic rings. The zero-order valence-corrected chi connectivity index (χ0v) is 13.5. The standard InChI is InChI=1S/C14H15BrN2O2S/c1-9-8-11(15)6-7-13(9)17-20(18,19)14-5-3-4-12(16)10(14)2/h3-8,17H,16H2,1-2H3.